The third-order valence-electron chi connectivity index (χ3n) is 4.75. The molecule has 3 aromatic heterocycles. The zero-order valence-corrected chi connectivity index (χ0v) is 17.5. The van der Waals surface area contributed by atoms with Crippen molar-refractivity contribution in [3.8, 4) is 0 Å². The molecule has 1 aromatic carbocycles. The fraction of sp³-hybridized carbons (Fsp3) is 0.125. The molecular formula is C24H21N3O3S. The van der Waals surface area contributed by atoms with Gasteiger partial charge in [0.05, 0.1) is 19.2 Å². The van der Waals surface area contributed by atoms with Gasteiger partial charge in [-0.05, 0) is 53.4 Å². The van der Waals surface area contributed by atoms with Crippen LogP contribution in [0, 0.1) is 0 Å². The minimum atomic E-state index is -0.854. The Kier molecular flexibility index (Phi) is 6.54. The molecule has 4 aromatic rings. The number of furan rings is 1. The molecule has 31 heavy (non-hydrogen) atoms. The number of nitrogens with one attached hydrogen (secondary N) is 1. The third-order valence-corrected chi connectivity index (χ3v) is 5.63. The summed E-state index contributed by atoms with van der Waals surface area (Å²) in [5.41, 5.74) is 1.33. The second-order valence-electron chi connectivity index (χ2n) is 6.84. The number of amides is 2. The van der Waals surface area contributed by atoms with Gasteiger partial charge in [-0.3, -0.25) is 19.5 Å². The monoisotopic (exact) mass is 431 g/mol. The standard InChI is InChI=1S/C24H21N3O3S/c28-22(16-21-9-5-15-31-21)27(19-6-2-1-3-7-19)23(18-10-12-25-13-11-18)24(29)26-17-20-8-4-14-30-20/h1-15,23H,16-17H2,(H,26,29)/t23-/m1/s1. The van der Waals surface area contributed by atoms with E-state index in [0.717, 1.165) is 4.88 Å². The maximum absolute atomic E-state index is 13.5. The Morgan fingerprint density at radius 1 is 1.00 bits per heavy atom. The Labute approximate surface area is 184 Å². The van der Waals surface area contributed by atoms with Gasteiger partial charge in [0.25, 0.3) is 0 Å². The summed E-state index contributed by atoms with van der Waals surface area (Å²) in [4.78, 5) is 33.4. The SMILES string of the molecule is O=C(NCc1ccco1)[C@@H](c1ccncc1)N(C(=O)Cc1cccs1)c1ccccc1. The largest absolute Gasteiger partial charge is 0.467 e. The van der Waals surface area contributed by atoms with Crippen LogP contribution in [0.15, 0.2) is 95.2 Å². The van der Waals surface area contributed by atoms with Crippen molar-refractivity contribution in [2.45, 2.75) is 19.0 Å². The average molecular weight is 432 g/mol. The number of rotatable bonds is 8. The van der Waals surface area contributed by atoms with Crippen LogP contribution in [0.3, 0.4) is 0 Å². The highest BCUT2D eigenvalue weighted by atomic mass is 32.1. The lowest BCUT2D eigenvalue weighted by Crippen LogP contribution is -2.44. The Balaban J connectivity index is 1.70. The molecule has 0 aliphatic rings. The fourth-order valence-electron chi connectivity index (χ4n) is 3.32. The summed E-state index contributed by atoms with van der Waals surface area (Å²) in [5.74, 6) is 0.174. The predicted octanol–water partition coefficient (Wildman–Crippen LogP) is 4.37. The van der Waals surface area contributed by atoms with Gasteiger partial charge in [0, 0.05) is 23.0 Å². The zero-order chi connectivity index (χ0) is 21.5. The second-order valence-corrected chi connectivity index (χ2v) is 7.87. The summed E-state index contributed by atoms with van der Waals surface area (Å²) in [5, 5.41) is 4.84. The Bertz CT molecular complexity index is 1100. The number of hydrogen-bond donors (Lipinski definition) is 1. The van der Waals surface area contributed by atoms with Crippen LogP contribution in [-0.4, -0.2) is 16.8 Å². The molecular weight excluding hydrogens is 410 g/mol. The molecule has 0 fully saturated rings. The van der Waals surface area contributed by atoms with Crippen molar-refractivity contribution in [1.82, 2.24) is 10.3 Å². The minimum Gasteiger partial charge on any atom is -0.467 e. The molecule has 4 rings (SSSR count). The van der Waals surface area contributed by atoms with E-state index in [9.17, 15) is 9.59 Å². The first kappa shape index (κ1) is 20.6. The van der Waals surface area contributed by atoms with Crippen LogP contribution in [0.5, 0.6) is 0 Å². The van der Waals surface area contributed by atoms with E-state index in [1.54, 1.807) is 47.8 Å². The van der Waals surface area contributed by atoms with Gasteiger partial charge < -0.3 is 9.73 Å². The third kappa shape index (κ3) is 5.07. The molecule has 0 radical (unpaired) electrons. The first-order valence-electron chi connectivity index (χ1n) is 9.82. The lowest BCUT2D eigenvalue weighted by molar-refractivity contribution is -0.126. The van der Waals surface area contributed by atoms with E-state index in [0.29, 0.717) is 17.0 Å². The smallest absolute Gasteiger partial charge is 0.248 e. The fourth-order valence-corrected chi connectivity index (χ4v) is 4.02. The van der Waals surface area contributed by atoms with Gasteiger partial charge in [0.1, 0.15) is 11.8 Å². The van der Waals surface area contributed by atoms with E-state index in [-0.39, 0.29) is 24.8 Å². The quantitative estimate of drug-likeness (QED) is 0.450. The van der Waals surface area contributed by atoms with E-state index >= 15 is 0 Å². The van der Waals surface area contributed by atoms with Crippen molar-refractivity contribution in [2.24, 2.45) is 0 Å². The van der Waals surface area contributed by atoms with Crippen molar-refractivity contribution in [3.63, 3.8) is 0 Å². The molecule has 0 spiro atoms. The van der Waals surface area contributed by atoms with Gasteiger partial charge in [-0.2, -0.15) is 0 Å². The highest BCUT2D eigenvalue weighted by Gasteiger charge is 2.32. The molecule has 3 heterocycles. The first-order chi connectivity index (χ1) is 15.2. The summed E-state index contributed by atoms with van der Waals surface area (Å²) in [6, 6.07) is 19.3. The summed E-state index contributed by atoms with van der Waals surface area (Å²) in [6.45, 7) is 0.231. The van der Waals surface area contributed by atoms with Gasteiger partial charge >= 0.3 is 0 Å². The number of nitrogens with zero attached hydrogens (tertiary/aromatic N) is 2. The number of pyridine rings is 1. The molecule has 2 amide bonds. The lowest BCUT2D eigenvalue weighted by atomic mass is 10.0. The van der Waals surface area contributed by atoms with Gasteiger partial charge in [-0.15, -0.1) is 11.3 Å². The van der Waals surface area contributed by atoms with Gasteiger partial charge in [-0.25, -0.2) is 0 Å². The lowest BCUT2D eigenvalue weighted by Gasteiger charge is -2.31. The maximum Gasteiger partial charge on any atom is 0.248 e. The molecule has 0 saturated heterocycles. The molecule has 7 heteroatoms. The van der Waals surface area contributed by atoms with Crippen molar-refractivity contribution >= 4 is 28.8 Å². The first-order valence-corrected chi connectivity index (χ1v) is 10.7. The van der Waals surface area contributed by atoms with Crippen LogP contribution in [-0.2, 0) is 22.6 Å². The summed E-state index contributed by atoms with van der Waals surface area (Å²) in [6.07, 6.45) is 5.01. The van der Waals surface area contributed by atoms with E-state index in [4.69, 9.17) is 4.42 Å². The average Bonchev–Trinajstić information content (AvgIpc) is 3.51. The highest BCUT2D eigenvalue weighted by molar-refractivity contribution is 7.10. The van der Waals surface area contributed by atoms with Gasteiger partial charge in [0.15, 0.2) is 0 Å². The summed E-state index contributed by atoms with van der Waals surface area (Å²) in [7, 11) is 0. The van der Waals surface area contributed by atoms with E-state index in [2.05, 4.69) is 10.3 Å². The van der Waals surface area contributed by atoms with Crippen molar-refractivity contribution in [2.75, 3.05) is 4.90 Å². The zero-order valence-electron chi connectivity index (χ0n) is 16.7. The minimum absolute atomic E-state index is 0.163. The van der Waals surface area contributed by atoms with Gasteiger partial charge in [-0.1, -0.05) is 24.3 Å². The van der Waals surface area contributed by atoms with Crippen molar-refractivity contribution in [3.05, 3.63) is 107 Å². The number of hydrogen-bond acceptors (Lipinski definition) is 5. The summed E-state index contributed by atoms with van der Waals surface area (Å²) < 4.78 is 5.33. The molecule has 1 atom stereocenters. The predicted molar refractivity (Wildman–Crippen MR) is 119 cm³/mol. The molecule has 0 saturated carbocycles. The molecule has 0 aliphatic heterocycles. The number of carbonyl (C=O) groups excluding carboxylic acids is 2. The summed E-state index contributed by atoms with van der Waals surface area (Å²) >= 11 is 1.52. The number of anilines is 1. The van der Waals surface area contributed by atoms with Crippen LogP contribution in [0.2, 0.25) is 0 Å². The number of aromatic nitrogens is 1. The maximum atomic E-state index is 13.5. The van der Waals surface area contributed by atoms with Crippen LogP contribution < -0.4 is 10.2 Å². The topological polar surface area (TPSA) is 75.4 Å². The van der Waals surface area contributed by atoms with E-state index < -0.39 is 6.04 Å². The van der Waals surface area contributed by atoms with Crippen LogP contribution in [0.4, 0.5) is 5.69 Å². The van der Waals surface area contributed by atoms with Crippen LogP contribution in [0.1, 0.15) is 22.2 Å². The molecule has 1 N–H and O–H groups in total. The van der Waals surface area contributed by atoms with Crippen LogP contribution in [0.25, 0.3) is 0 Å². The van der Waals surface area contributed by atoms with Crippen molar-refractivity contribution < 1.29 is 14.0 Å². The van der Waals surface area contributed by atoms with E-state index in [1.807, 2.05) is 47.8 Å². The Morgan fingerprint density at radius 2 is 1.81 bits per heavy atom. The van der Waals surface area contributed by atoms with Crippen molar-refractivity contribution in [1.29, 1.82) is 0 Å². The second kappa shape index (κ2) is 9.86. The Morgan fingerprint density at radius 3 is 2.48 bits per heavy atom. The van der Waals surface area contributed by atoms with E-state index in [1.165, 1.54) is 11.3 Å². The molecule has 6 nitrogen and oxygen atoms in total. The molecule has 0 aliphatic carbocycles. The Hall–Kier alpha value is -3.71. The highest BCUT2D eigenvalue weighted by Crippen LogP contribution is 2.29. The van der Waals surface area contributed by atoms with Gasteiger partial charge in [0.2, 0.25) is 11.8 Å². The normalized spacial score (nSPS) is 11.6. The number of para-hydroxylation sites is 1. The van der Waals surface area contributed by atoms with Crippen LogP contribution >= 0.6 is 11.3 Å². The molecule has 0 unspecified atom stereocenters. The number of thiophene rings is 1. The number of carbonyl (C=O) groups is 2. The molecule has 156 valence electrons. The molecule has 0 bridgehead atoms. The number of benzene rings is 1.